The van der Waals surface area contributed by atoms with E-state index in [1.807, 2.05) is 60.9 Å². The van der Waals surface area contributed by atoms with Gasteiger partial charge in [0.25, 0.3) is 0 Å². The molecule has 0 fully saturated rings. The van der Waals surface area contributed by atoms with Crippen molar-refractivity contribution in [3.05, 3.63) is 41.0 Å². The highest BCUT2D eigenvalue weighted by Gasteiger charge is 2.07. The van der Waals surface area contributed by atoms with Gasteiger partial charge in [-0.25, -0.2) is 4.68 Å². The Hall–Kier alpha value is -1.48. The molecule has 2 rings (SSSR count). The molecule has 1 aromatic heterocycles. The number of aromatic nitrogens is 2. The van der Waals surface area contributed by atoms with Crippen LogP contribution in [0.5, 0.6) is 0 Å². The Morgan fingerprint density at radius 3 is 2.56 bits per heavy atom. The van der Waals surface area contributed by atoms with Crippen LogP contribution in [0.15, 0.2) is 30.3 Å². The molecule has 0 N–H and O–H groups in total. The van der Waals surface area contributed by atoms with Crippen LogP contribution in [0, 0.1) is 6.92 Å². The van der Waals surface area contributed by atoms with Crippen LogP contribution in [0.25, 0.3) is 5.69 Å². The van der Waals surface area contributed by atoms with Gasteiger partial charge in [-0.2, -0.15) is 5.10 Å². The summed E-state index contributed by atoms with van der Waals surface area (Å²) < 4.78 is 1.89. The average Bonchev–Trinajstić information content (AvgIpc) is 2.60. The number of hydrogen-bond acceptors (Lipinski definition) is 2. The lowest BCUT2D eigenvalue weighted by molar-refractivity contribution is 0.837. The zero-order valence-corrected chi connectivity index (χ0v) is 10.4. The molecule has 4 heteroatoms. The van der Waals surface area contributed by atoms with Gasteiger partial charge in [-0.15, -0.1) is 0 Å². The molecule has 0 aliphatic carbocycles. The molecular weight excluding hydrogens is 222 g/mol. The average molecular weight is 236 g/mol. The van der Waals surface area contributed by atoms with Crippen LogP contribution in [-0.4, -0.2) is 23.9 Å². The van der Waals surface area contributed by atoms with Gasteiger partial charge in [-0.05, 0) is 25.1 Å². The summed E-state index contributed by atoms with van der Waals surface area (Å²) in [5.74, 6) is 0.942. The van der Waals surface area contributed by atoms with Gasteiger partial charge < -0.3 is 4.90 Å². The van der Waals surface area contributed by atoms with E-state index in [4.69, 9.17) is 11.6 Å². The van der Waals surface area contributed by atoms with E-state index < -0.39 is 0 Å². The van der Waals surface area contributed by atoms with Crippen LogP contribution >= 0.6 is 11.6 Å². The van der Waals surface area contributed by atoms with E-state index in [1.54, 1.807) is 0 Å². The fourth-order valence-corrected chi connectivity index (χ4v) is 1.73. The summed E-state index contributed by atoms with van der Waals surface area (Å²) in [6.07, 6.45) is 0. The Balaban J connectivity index is 2.48. The molecule has 0 radical (unpaired) electrons. The third kappa shape index (κ3) is 2.04. The first-order valence-electron chi connectivity index (χ1n) is 5.08. The van der Waals surface area contributed by atoms with E-state index in [9.17, 15) is 0 Å². The first kappa shape index (κ1) is 11.0. The second kappa shape index (κ2) is 4.18. The molecule has 0 saturated heterocycles. The lowest BCUT2D eigenvalue weighted by Gasteiger charge is -2.07. The SMILES string of the molecule is Cc1cc(N(C)C)nn1-c1cccc(Cl)c1. The van der Waals surface area contributed by atoms with Crippen LogP contribution in [0.2, 0.25) is 5.02 Å². The van der Waals surface area contributed by atoms with Crippen LogP contribution in [0.4, 0.5) is 5.82 Å². The molecule has 0 amide bonds. The first-order valence-corrected chi connectivity index (χ1v) is 5.45. The van der Waals surface area contributed by atoms with Crippen molar-refractivity contribution in [1.82, 2.24) is 9.78 Å². The Kier molecular flexibility index (Phi) is 2.88. The van der Waals surface area contributed by atoms with Gasteiger partial charge in [-0.1, -0.05) is 17.7 Å². The van der Waals surface area contributed by atoms with E-state index in [0.717, 1.165) is 22.2 Å². The number of anilines is 1. The molecule has 1 aromatic carbocycles. The number of aryl methyl sites for hydroxylation is 1. The summed E-state index contributed by atoms with van der Waals surface area (Å²) in [4.78, 5) is 1.98. The van der Waals surface area contributed by atoms with E-state index in [2.05, 4.69) is 5.10 Å². The lowest BCUT2D eigenvalue weighted by atomic mass is 10.3. The van der Waals surface area contributed by atoms with Gasteiger partial charge in [0.1, 0.15) is 0 Å². The van der Waals surface area contributed by atoms with E-state index >= 15 is 0 Å². The molecule has 84 valence electrons. The molecule has 0 aliphatic heterocycles. The maximum absolute atomic E-state index is 5.96. The minimum atomic E-state index is 0.721. The molecule has 0 atom stereocenters. The molecule has 0 unspecified atom stereocenters. The number of benzene rings is 1. The standard InChI is InChI=1S/C12H14ClN3/c1-9-7-12(15(2)3)14-16(9)11-6-4-5-10(13)8-11/h4-8H,1-3H3. The molecule has 1 heterocycles. The summed E-state index contributed by atoms with van der Waals surface area (Å²) in [5.41, 5.74) is 2.07. The summed E-state index contributed by atoms with van der Waals surface area (Å²) in [7, 11) is 3.95. The highest BCUT2D eigenvalue weighted by atomic mass is 35.5. The fraction of sp³-hybridized carbons (Fsp3) is 0.250. The molecule has 0 spiro atoms. The maximum atomic E-state index is 5.96. The highest BCUT2D eigenvalue weighted by Crippen LogP contribution is 2.19. The lowest BCUT2D eigenvalue weighted by Crippen LogP contribution is -2.09. The Morgan fingerprint density at radius 1 is 1.25 bits per heavy atom. The molecule has 0 saturated carbocycles. The predicted molar refractivity (Wildman–Crippen MR) is 67.6 cm³/mol. The van der Waals surface area contributed by atoms with Crippen LogP contribution in [-0.2, 0) is 0 Å². The molecule has 0 bridgehead atoms. The Morgan fingerprint density at radius 2 is 2.00 bits per heavy atom. The van der Waals surface area contributed by atoms with E-state index in [1.165, 1.54) is 0 Å². The molecule has 3 nitrogen and oxygen atoms in total. The maximum Gasteiger partial charge on any atom is 0.150 e. The quantitative estimate of drug-likeness (QED) is 0.798. The first-order chi connectivity index (χ1) is 7.58. The normalized spacial score (nSPS) is 10.5. The van der Waals surface area contributed by atoms with Crippen molar-refractivity contribution in [2.45, 2.75) is 6.92 Å². The number of halogens is 1. The van der Waals surface area contributed by atoms with Crippen molar-refractivity contribution in [2.75, 3.05) is 19.0 Å². The van der Waals surface area contributed by atoms with Gasteiger partial charge in [0.15, 0.2) is 5.82 Å². The van der Waals surface area contributed by atoms with E-state index in [0.29, 0.717) is 0 Å². The minimum absolute atomic E-state index is 0.721. The van der Waals surface area contributed by atoms with Gasteiger partial charge in [-0.3, -0.25) is 0 Å². The smallest absolute Gasteiger partial charge is 0.150 e. The van der Waals surface area contributed by atoms with Crippen molar-refractivity contribution in [1.29, 1.82) is 0 Å². The topological polar surface area (TPSA) is 21.1 Å². The summed E-state index contributed by atoms with van der Waals surface area (Å²) >= 11 is 5.96. The number of hydrogen-bond donors (Lipinski definition) is 0. The molecule has 0 aliphatic rings. The summed E-state index contributed by atoms with van der Waals surface area (Å²) in [6.45, 7) is 2.03. The molecule has 2 aromatic rings. The molecule has 16 heavy (non-hydrogen) atoms. The summed E-state index contributed by atoms with van der Waals surface area (Å²) in [6, 6.07) is 9.72. The van der Waals surface area contributed by atoms with Gasteiger partial charge in [0, 0.05) is 30.9 Å². The van der Waals surface area contributed by atoms with Crippen molar-refractivity contribution in [3.63, 3.8) is 0 Å². The second-order valence-electron chi connectivity index (χ2n) is 3.93. The van der Waals surface area contributed by atoms with Crippen molar-refractivity contribution in [2.24, 2.45) is 0 Å². The largest absolute Gasteiger partial charge is 0.361 e. The molecular formula is C12H14ClN3. The highest BCUT2D eigenvalue weighted by molar-refractivity contribution is 6.30. The number of rotatable bonds is 2. The van der Waals surface area contributed by atoms with Crippen molar-refractivity contribution < 1.29 is 0 Å². The van der Waals surface area contributed by atoms with Crippen LogP contribution < -0.4 is 4.90 Å². The van der Waals surface area contributed by atoms with Crippen LogP contribution in [0.1, 0.15) is 5.69 Å². The Labute approximate surface area is 100 Å². The zero-order chi connectivity index (χ0) is 11.7. The van der Waals surface area contributed by atoms with Gasteiger partial charge in [0.2, 0.25) is 0 Å². The third-order valence-corrected chi connectivity index (χ3v) is 2.62. The van der Waals surface area contributed by atoms with Crippen molar-refractivity contribution >= 4 is 17.4 Å². The fourth-order valence-electron chi connectivity index (χ4n) is 1.55. The van der Waals surface area contributed by atoms with Crippen molar-refractivity contribution in [3.8, 4) is 5.69 Å². The minimum Gasteiger partial charge on any atom is -0.361 e. The third-order valence-electron chi connectivity index (χ3n) is 2.39. The summed E-state index contributed by atoms with van der Waals surface area (Å²) in [5, 5.41) is 5.23. The van der Waals surface area contributed by atoms with Gasteiger partial charge >= 0.3 is 0 Å². The van der Waals surface area contributed by atoms with Gasteiger partial charge in [0.05, 0.1) is 5.69 Å². The monoisotopic (exact) mass is 235 g/mol. The zero-order valence-electron chi connectivity index (χ0n) is 9.61. The Bertz CT molecular complexity index is 503. The van der Waals surface area contributed by atoms with Crippen LogP contribution in [0.3, 0.4) is 0 Å². The predicted octanol–water partition coefficient (Wildman–Crippen LogP) is 2.90. The second-order valence-corrected chi connectivity index (χ2v) is 4.37. The number of nitrogens with zero attached hydrogens (tertiary/aromatic N) is 3. The van der Waals surface area contributed by atoms with E-state index in [-0.39, 0.29) is 0 Å².